The van der Waals surface area contributed by atoms with Gasteiger partial charge in [-0.1, -0.05) is 30.4 Å². The first-order chi connectivity index (χ1) is 10.7. The zero-order valence-electron chi connectivity index (χ0n) is 12.3. The number of pyridine rings is 1. The van der Waals surface area contributed by atoms with Crippen LogP contribution in [0.3, 0.4) is 0 Å². The number of aliphatic hydroxyl groups is 1. The van der Waals surface area contributed by atoms with Crippen molar-refractivity contribution in [1.82, 2.24) is 10.3 Å². The number of aromatic nitrogens is 1. The molecule has 2 aromatic rings. The lowest BCUT2D eigenvalue weighted by Gasteiger charge is -2.13. The first-order valence-electron chi connectivity index (χ1n) is 7.25. The van der Waals surface area contributed by atoms with Gasteiger partial charge >= 0.3 is 0 Å². The van der Waals surface area contributed by atoms with E-state index in [9.17, 15) is 4.79 Å². The van der Waals surface area contributed by atoms with Crippen LogP contribution in [0.2, 0.25) is 0 Å². The van der Waals surface area contributed by atoms with E-state index in [-0.39, 0.29) is 24.5 Å². The van der Waals surface area contributed by atoms with Crippen LogP contribution in [0.1, 0.15) is 16.9 Å². The van der Waals surface area contributed by atoms with E-state index in [1.165, 1.54) is 0 Å². The summed E-state index contributed by atoms with van der Waals surface area (Å²) in [6.45, 7) is 0.102. The zero-order chi connectivity index (χ0) is 15.5. The van der Waals surface area contributed by atoms with E-state index in [1.54, 1.807) is 13.2 Å². The highest BCUT2D eigenvalue weighted by molar-refractivity contribution is 5.98. The summed E-state index contributed by atoms with van der Waals surface area (Å²) in [5.41, 5.74) is 0.330. The van der Waals surface area contributed by atoms with Crippen molar-refractivity contribution in [2.24, 2.45) is 5.92 Å². The summed E-state index contributed by atoms with van der Waals surface area (Å²) in [5.74, 6) is 0.320. The maximum absolute atomic E-state index is 12.4. The SMILES string of the molecule is COc1nc(C(=O)N[C@@H]2C=C[C@H](CO)C2)cc2ccccc12. The Hall–Kier alpha value is -2.40. The van der Waals surface area contributed by atoms with Gasteiger partial charge in [0.25, 0.3) is 5.91 Å². The average molecular weight is 298 g/mol. The molecule has 0 aliphatic heterocycles. The molecule has 1 aromatic carbocycles. The molecule has 22 heavy (non-hydrogen) atoms. The van der Waals surface area contributed by atoms with Gasteiger partial charge in [0.1, 0.15) is 5.69 Å². The van der Waals surface area contributed by atoms with E-state index in [0.29, 0.717) is 18.0 Å². The van der Waals surface area contributed by atoms with Gasteiger partial charge in [-0.3, -0.25) is 4.79 Å². The summed E-state index contributed by atoms with van der Waals surface area (Å²) in [5, 5.41) is 13.8. The number of benzene rings is 1. The van der Waals surface area contributed by atoms with Gasteiger partial charge in [0.15, 0.2) is 0 Å². The molecule has 0 saturated carbocycles. The summed E-state index contributed by atoms with van der Waals surface area (Å²) in [7, 11) is 1.54. The molecular formula is C17H18N2O3. The van der Waals surface area contributed by atoms with Gasteiger partial charge in [-0.05, 0) is 23.9 Å². The van der Waals surface area contributed by atoms with Crippen LogP contribution >= 0.6 is 0 Å². The zero-order valence-corrected chi connectivity index (χ0v) is 12.3. The van der Waals surface area contributed by atoms with Crippen LogP contribution in [0.5, 0.6) is 5.88 Å². The second kappa shape index (κ2) is 6.15. The molecule has 114 valence electrons. The van der Waals surface area contributed by atoms with Crippen molar-refractivity contribution in [1.29, 1.82) is 0 Å². The van der Waals surface area contributed by atoms with Crippen molar-refractivity contribution >= 4 is 16.7 Å². The molecule has 0 unspecified atom stereocenters. The molecule has 0 bridgehead atoms. The van der Waals surface area contributed by atoms with Gasteiger partial charge in [0, 0.05) is 24.0 Å². The first-order valence-corrected chi connectivity index (χ1v) is 7.25. The van der Waals surface area contributed by atoms with Crippen LogP contribution in [0.15, 0.2) is 42.5 Å². The largest absolute Gasteiger partial charge is 0.481 e. The van der Waals surface area contributed by atoms with E-state index in [0.717, 1.165) is 10.8 Å². The highest BCUT2D eigenvalue weighted by atomic mass is 16.5. The predicted molar refractivity (Wildman–Crippen MR) is 83.9 cm³/mol. The Balaban J connectivity index is 1.84. The highest BCUT2D eigenvalue weighted by Gasteiger charge is 2.21. The molecule has 1 amide bonds. The molecule has 1 aliphatic rings. The van der Waals surface area contributed by atoms with E-state index in [4.69, 9.17) is 9.84 Å². The number of fused-ring (bicyclic) bond motifs is 1. The summed E-state index contributed by atoms with van der Waals surface area (Å²) < 4.78 is 5.28. The second-order valence-electron chi connectivity index (χ2n) is 5.38. The summed E-state index contributed by atoms with van der Waals surface area (Å²) in [4.78, 5) is 16.7. The number of hydrogen-bond acceptors (Lipinski definition) is 4. The Kier molecular flexibility index (Phi) is 4.06. The van der Waals surface area contributed by atoms with Gasteiger partial charge in [-0.25, -0.2) is 4.98 Å². The molecule has 3 rings (SSSR count). The Labute approximate surface area is 128 Å². The summed E-state index contributed by atoms with van der Waals surface area (Å²) in [6.07, 6.45) is 4.56. The van der Waals surface area contributed by atoms with E-state index >= 15 is 0 Å². The maximum atomic E-state index is 12.4. The third-order valence-electron chi connectivity index (χ3n) is 3.85. The maximum Gasteiger partial charge on any atom is 0.270 e. The Morgan fingerprint density at radius 2 is 2.23 bits per heavy atom. The Morgan fingerprint density at radius 1 is 1.41 bits per heavy atom. The van der Waals surface area contributed by atoms with Gasteiger partial charge in [-0.15, -0.1) is 0 Å². The summed E-state index contributed by atoms with van der Waals surface area (Å²) in [6, 6.07) is 9.35. The molecular weight excluding hydrogens is 280 g/mol. The van der Waals surface area contributed by atoms with Crippen molar-refractivity contribution in [3.8, 4) is 5.88 Å². The minimum absolute atomic E-state index is 0.0658. The molecule has 5 nitrogen and oxygen atoms in total. The molecule has 2 atom stereocenters. The molecule has 2 N–H and O–H groups in total. The van der Waals surface area contributed by atoms with E-state index in [2.05, 4.69) is 10.3 Å². The quantitative estimate of drug-likeness (QED) is 0.846. The van der Waals surface area contributed by atoms with E-state index < -0.39 is 0 Å². The van der Waals surface area contributed by atoms with Crippen LogP contribution in [0, 0.1) is 5.92 Å². The number of nitrogens with one attached hydrogen (secondary N) is 1. The highest BCUT2D eigenvalue weighted by Crippen LogP contribution is 2.24. The van der Waals surface area contributed by atoms with Crippen molar-refractivity contribution in [2.75, 3.05) is 13.7 Å². The van der Waals surface area contributed by atoms with Crippen molar-refractivity contribution < 1.29 is 14.6 Å². The second-order valence-corrected chi connectivity index (χ2v) is 5.38. The molecule has 1 aliphatic carbocycles. The lowest BCUT2D eigenvalue weighted by molar-refractivity contribution is 0.0935. The third kappa shape index (κ3) is 2.80. The molecule has 0 fully saturated rings. The van der Waals surface area contributed by atoms with Crippen molar-refractivity contribution in [2.45, 2.75) is 12.5 Å². The van der Waals surface area contributed by atoms with Crippen LogP contribution in [-0.4, -0.2) is 35.8 Å². The topological polar surface area (TPSA) is 71.5 Å². The number of hydrogen-bond donors (Lipinski definition) is 2. The van der Waals surface area contributed by atoms with Crippen LogP contribution < -0.4 is 10.1 Å². The minimum atomic E-state index is -0.239. The number of carbonyl (C=O) groups is 1. The third-order valence-corrected chi connectivity index (χ3v) is 3.85. The summed E-state index contributed by atoms with van der Waals surface area (Å²) >= 11 is 0. The monoisotopic (exact) mass is 298 g/mol. The van der Waals surface area contributed by atoms with Crippen molar-refractivity contribution in [3.63, 3.8) is 0 Å². The van der Waals surface area contributed by atoms with Gasteiger partial charge in [0.2, 0.25) is 5.88 Å². The lowest BCUT2D eigenvalue weighted by atomic mass is 10.1. The van der Waals surface area contributed by atoms with Crippen LogP contribution in [-0.2, 0) is 0 Å². The van der Waals surface area contributed by atoms with Crippen LogP contribution in [0.25, 0.3) is 10.8 Å². The fraction of sp³-hybridized carbons (Fsp3) is 0.294. The normalized spacial score (nSPS) is 20.3. The number of aliphatic hydroxyl groups excluding tert-OH is 1. The fourth-order valence-corrected chi connectivity index (χ4v) is 2.70. The molecule has 0 saturated heterocycles. The number of amides is 1. The molecule has 1 aromatic heterocycles. The first kappa shape index (κ1) is 14.5. The average Bonchev–Trinajstić information content (AvgIpc) is 3.01. The fourth-order valence-electron chi connectivity index (χ4n) is 2.70. The standard InChI is InChI=1S/C17H18N2O3/c1-22-17-14-5-3-2-4-12(14)9-15(19-17)16(21)18-13-7-6-11(8-13)10-20/h2-7,9,11,13,20H,8,10H2,1H3,(H,18,21)/t11-,13+/m0/s1. The van der Waals surface area contributed by atoms with E-state index in [1.807, 2.05) is 36.4 Å². The molecule has 5 heteroatoms. The number of nitrogens with zero attached hydrogens (tertiary/aromatic N) is 1. The van der Waals surface area contributed by atoms with Gasteiger partial charge in [0.05, 0.1) is 7.11 Å². The molecule has 1 heterocycles. The number of ether oxygens (including phenoxy) is 1. The molecule has 0 radical (unpaired) electrons. The number of carbonyl (C=O) groups excluding carboxylic acids is 1. The van der Waals surface area contributed by atoms with Gasteiger partial charge < -0.3 is 15.2 Å². The number of rotatable bonds is 4. The smallest absolute Gasteiger partial charge is 0.270 e. The Morgan fingerprint density at radius 3 is 2.95 bits per heavy atom. The van der Waals surface area contributed by atoms with Crippen molar-refractivity contribution in [3.05, 3.63) is 48.2 Å². The Bertz CT molecular complexity index is 727. The minimum Gasteiger partial charge on any atom is -0.481 e. The predicted octanol–water partition coefficient (Wildman–Crippen LogP) is 1.91. The van der Waals surface area contributed by atoms with Crippen LogP contribution in [0.4, 0.5) is 0 Å². The van der Waals surface area contributed by atoms with Gasteiger partial charge in [-0.2, -0.15) is 0 Å². The lowest BCUT2D eigenvalue weighted by Crippen LogP contribution is -2.33. The number of methoxy groups -OCH3 is 1. The molecule has 0 spiro atoms.